The van der Waals surface area contributed by atoms with Crippen molar-refractivity contribution in [2.45, 2.75) is 46.1 Å². The van der Waals surface area contributed by atoms with Crippen LogP contribution in [0.15, 0.2) is 24.3 Å². The smallest absolute Gasteiger partial charge is 0.310 e. The number of rotatable bonds is 4. The average Bonchev–Trinajstić information content (AvgIpc) is 2.74. The lowest BCUT2D eigenvalue weighted by Crippen LogP contribution is -2.40. The van der Waals surface area contributed by atoms with Gasteiger partial charge in [-0.05, 0) is 36.2 Å². The topological polar surface area (TPSA) is 72.7 Å². The zero-order valence-electron chi connectivity index (χ0n) is 14.4. The highest BCUT2D eigenvalue weighted by Crippen LogP contribution is 2.52. The van der Waals surface area contributed by atoms with Crippen LogP contribution in [0.1, 0.15) is 40.0 Å². The van der Waals surface area contributed by atoms with Gasteiger partial charge < -0.3 is 9.64 Å². The van der Waals surface area contributed by atoms with Crippen LogP contribution in [0.3, 0.4) is 0 Å². The molecule has 1 amide bonds. The van der Waals surface area contributed by atoms with Gasteiger partial charge in [-0.2, -0.15) is 0 Å². The highest BCUT2D eigenvalue weighted by molar-refractivity contribution is 5.78. The number of amides is 1. The molecule has 2 atom stereocenters. The van der Waals surface area contributed by atoms with Gasteiger partial charge in [-0.15, -0.1) is 0 Å². The number of fused-ring (bicyclic) bond motifs is 2. The van der Waals surface area contributed by atoms with Gasteiger partial charge in [0.15, 0.2) is 12.4 Å². The van der Waals surface area contributed by atoms with Crippen molar-refractivity contribution in [1.29, 1.82) is 0 Å². The lowest BCUT2D eigenvalue weighted by molar-refractivity contribution is -0.385. The lowest BCUT2D eigenvalue weighted by atomic mass is 9.65. The van der Waals surface area contributed by atoms with Crippen molar-refractivity contribution in [2.75, 3.05) is 13.2 Å². The molecular weight excluding hydrogens is 308 g/mol. The molecule has 0 spiro atoms. The molecule has 1 aliphatic carbocycles. The van der Waals surface area contributed by atoms with Gasteiger partial charge in [0.25, 0.3) is 5.91 Å². The third-order valence-corrected chi connectivity index (χ3v) is 5.15. The van der Waals surface area contributed by atoms with Crippen LogP contribution in [0.5, 0.6) is 5.75 Å². The Labute approximate surface area is 141 Å². The fourth-order valence-electron chi connectivity index (χ4n) is 4.70. The quantitative estimate of drug-likeness (QED) is 0.626. The molecule has 2 unspecified atom stereocenters. The summed E-state index contributed by atoms with van der Waals surface area (Å²) in [6.45, 7) is 7.36. The maximum atomic E-state index is 12.6. The molecule has 0 radical (unpaired) electrons. The predicted molar refractivity (Wildman–Crippen MR) is 89.8 cm³/mol. The third kappa shape index (κ3) is 3.23. The Bertz CT molecular complexity index is 673. The SMILES string of the molecule is CC1(C)CC2CC(C)(CN2C(=O)COc2ccccc2[N+](=O)[O-])C1. The van der Waals surface area contributed by atoms with Gasteiger partial charge >= 0.3 is 5.69 Å². The third-order valence-electron chi connectivity index (χ3n) is 5.15. The van der Waals surface area contributed by atoms with Crippen molar-refractivity contribution in [3.8, 4) is 5.75 Å². The number of para-hydroxylation sites is 2. The molecule has 2 fully saturated rings. The highest BCUT2D eigenvalue weighted by atomic mass is 16.6. The molecule has 1 heterocycles. The second-order valence-corrected chi connectivity index (χ2v) is 8.25. The Morgan fingerprint density at radius 1 is 1.33 bits per heavy atom. The van der Waals surface area contributed by atoms with Crippen molar-refractivity contribution in [3.63, 3.8) is 0 Å². The molecule has 1 aromatic carbocycles. The zero-order valence-corrected chi connectivity index (χ0v) is 14.4. The molecule has 6 nitrogen and oxygen atoms in total. The van der Waals surface area contributed by atoms with Gasteiger partial charge in [0.1, 0.15) is 0 Å². The number of hydrogen-bond donors (Lipinski definition) is 0. The summed E-state index contributed by atoms with van der Waals surface area (Å²) in [5.74, 6) is 0.0594. The summed E-state index contributed by atoms with van der Waals surface area (Å²) < 4.78 is 5.47. The Hall–Kier alpha value is -2.11. The van der Waals surface area contributed by atoms with Crippen molar-refractivity contribution in [3.05, 3.63) is 34.4 Å². The van der Waals surface area contributed by atoms with E-state index in [1.165, 1.54) is 12.1 Å². The molecule has 0 aromatic heterocycles. The van der Waals surface area contributed by atoms with Gasteiger partial charge in [-0.3, -0.25) is 14.9 Å². The fraction of sp³-hybridized carbons (Fsp3) is 0.611. The highest BCUT2D eigenvalue weighted by Gasteiger charge is 2.50. The minimum Gasteiger partial charge on any atom is -0.477 e. The van der Waals surface area contributed by atoms with Gasteiger partial charge in [-0.1, -0.05) is 32.9 Å². The van der Waals surface area contributed by atoms with Gasteiger partial charge in [0, 0.05) is 18.7 Å². The van der Waals surface area contributed by atoms with Crippen LogP contribution in [0.25, 0.3) is 0 Å². The van der Waals surface area contributed by atoms with E-state index in [-0.39, 0.29) is 40.8 Å². The number of nitro groups is 1. The maximum Gasteiger partial charge on any atom is 0.310 e. The number of ether oxygens (including phenoxy) is 1. The molecule has 3 rings (SSSR count). The molecule has 0 N–H and O–H groups in total. The molecule has 2 bridgehead atoms. The van der Waals surface area contributed by atoms with Gasteiger partial charge in [0.05, 0.1) is 4.92 Å². The summed E-state index contributed by atoms with van der Waals surface area (Å²) in [5, 5.41) is 11.0. The minimum atomic E-state index is -0.494. The summed E-state index contributed by atoms with van der Waals surface area (Å²) in [6.07, 6.45) is 3.15. The summed E-state index contributed by atoms with van der Waals surface area (Å²) in [6, 6.07) is 6.41. The van der Waals surface area contributed by atoms with Crippen molar-refractivity contribution in [2.24, 2.45) is 10.8 Å². The first kappa shape index (κ1) is 16.7. The average molecular weight is 332 g/mol. The molecule has 6 heteroatoms. The number of benzene rings is 1. The number of nitro benzene ring substituents is 1. The largest absolute Gasteiger partial charge is 0.477 e. The lowest BCUT2D eigenvalue weighted by Gasteiger charge is -2.39. The molecule has 2 aliphatic rings. The van der Waals surface area contributed by atoms with E-state index in [1.807, 2.05) is 4.90 Å². The second kappa shape index (κ2) is 5.76. The molecule has 1 saturated carbocycles. The number of likely N-dealkylation sites (tertiary alicyclic amines) is 1. The first-order valence-corrected chi connectivity index (χ1v) is 8.35. The van der Waals surface area contributed by atoms with Crippen LogP contribution in [-0.2, 0) is 4.79 Å². The van der Waals surface area contributed by atoms with E-state index < -0.39 is 4.92 Å². The van der Waals surface area contributed by atoms with E-state index in [0.717, 1.165) is 25.8 Å². The Morgan fingerprint density at radius 2 is 2.04 bits per heavy atom. The molecule has 1 saturated heterocycles. The van der Waals surface area contributed by atoms with E-state index in [0.29, 0.717) is 0 Å². The minimum absolute atomic E-state index is 0.0837. The molecular formula is C18H24N2O4. The normalized spacial score (nSPS) is 27.8. The van der Waals surface area contributed by atoms with Crippen LogP contribution < -0.4 is 4.74 Å². The summed E-state index contributed by atoms with van der Waals surface area (Å²) in [5.41, 5.74) is 0.297. The molecule has 1 aromatic rings. The monoisotopic (exact) mass is 332 g/mol. The van der Waals surface area contributed by atoms with Crippen LogP contribution in [-0.4, -0.2) is 34.9 Å². The first-order valence-electron chi connectivity index (χ1n) is 8.35. The number of carbonyl (C=O) groups excluding carboxylic acids is 1. The molecule has 1 aliphatic heterocycles. The standard InChI is InChI=1S/C18H24N2O4/c1-17(2)8-13-9-18(3,11-17)12-19(13)16(21)10-24-15-7-5-4-6-14(15)20(22)23/h4-7,13H,8-12H2,1-3H3. The van der Waals surface area contributed by atoms with E-state index in [2.05, 4.69) is 20.8 Å². The Morgan fingerprint density at radius 3 is 2.75 bits per heavy atom. The van der Waals surface area contributed by atoms with Gasteiger partial charge in [-0.25, -0.2) is 0 Å². The molecule has 24 heavy (non-hydrogen) atoms. The Balaban J connectivity index is 1.68. The van der Waals surface area contributed by atoms with E-state index >= 15 is 0 Å². The number of hydrogen-bond acceptors (Lipinski definition) is 4. The fourth-order valence-corrected chi connectivity index (χ4v) is 4.70. The van der Waals surface area contributed by atoms with Gasteiger partial charge in [0.2, 0.25) is 0 Å². The summed E-state index contributed by atoms with van der Waals surface area (Å²) >= 11 is 0. The maximum absolute atomic E-state index is 12.6. The number of nitrogens with zero attached hydrogens (tertiary/aromatic N) is 2. The van der Waals surface area contributed by atoms with Crippen LogP contribution in [0.4, 0.5) is 5.69 Å². The Kier molecular flexibility index (Phi) is 4.01. The van der Waals surface area contributed by atoms with Crippen LogP contribution in [0.2, 0.25) is 0 Å². The van der Waals surface area contributed by atoms with E-state index in [4.69, 9.17) is 4.74 Å². The predicted octanol–water partition coefficient (Wildman–Crippen LogP) is 3.40. The summed E-state index contributed by atoms with van der Waals surface area (Å²) in [4.78, 5) is 25.1. The molecule has 130 valence electrons. The van der Waals surface area contributed by atoms with Crippen molar-refractivity contribution < 1.29 is 14.5 Å². The van der Waals surface area contributed by atoms with Crippen molar-refractivity contribution >= 4 is 11.6 Å². The van der Waals surface area contributed by atoms with Crippen LogP contribution in [0, 0.1) is 20.9 Å². The first-order chi connectivity index (χ1) is 11.2. The van der Waals surface area contributed by atoms with E-state index in [9.17, 15) is 14.9 Å². The van der Waals surface area contributed by atoms with Crippen molar-refractivity contribution in [1.82, 2.24) is 4.90 Å². The van der Waals surface area contributed by atoms with E-state index in [1.54, 1.807) is 12.1 Å². The number of carbonyl (C=O) groups is 1. The second-order valence-electron chi connectivity index (χ2n) is 8.25. The zero-order chi connectivity index (χ0) is 17.5. The van der Waals surface area contributed by atoms with Crippen LogP contribution >= 0.6 is 0 Å². The summed E-state index contributed by atoms with van der Waals surface area (Å²) in [7, 11) is 0.